The Morgan fingerprint density at radius 2 is 0.729 bits per heavy atom. The third-order valence-corrected chi connectivity index (χ3v) is 22.4. The average molecular weight is 1050 g/mol. The summed E-state index contributed by atoms with van der Waals surface area (Å²) in [5.74, 6) is 5.91. The van der Waals surface area contributed by atoms with Gasteiger partial charge in [-0.1, -0.05) is 184 Å². The van der Waals surface area contributed by atoms with E-state index in [1.165, 1.54) is 153 Å². The molecule has 0 N–H and O–H groups in total. The molecule has 0 bridgehead atoms. The quantitative estimate of drug-likeness (QED) is 0.170. The molecule has 4 unspecified atom stereocenters. The van der Waals surface area contributed by atoms with E-state index in [2.05, 4.69) is 128 Å². The third-order valence-electron chi connectivity index (χ3n) is 11.4. The van der Waals surface area contributed by atoms with Crippen molar-refractivity contribution in [2.24, 2.45) is 35.5 Å². The molecule has 0 spiro atoms. The fourth-order valence-corrected chi connectivity index (χ4v) is 17.9. The van der Waals surface area contributed by atoms with Gasteiger partial charge in [-0.2, -0.15) is 0 Å². The molecule has 4 saturated carbocycles. The summed E-state index contributed by atoms with van der Waals surface area (Å²) in [7, 11) is 8.14. The molecule has 2 aromatic carbocycles. The van der Waals surface area contributed by atoms with Crippen LogP contribution in [0.1, 0.15) is 174 Å². The first-order valence-corrected chi connectivity index (χ1v) is 29.4. The van der Waals surface area contributed by atoms with E-state index < -0.39 is 0 Å². The van der Waals surface area contributed by atoms with Crippen LogP contribution in [0.4, 0.5) is 0 Å². The van der Waals surface area contributed by atoms with E-state index in [-0.39, 0.29) is 71.3 Å². The topological polar surface area (TPSA) is 0 Å². The number of benzene rings is 2. The van der Waals surface area contributed by atoms with Gasteiger partial charge in [-0.3, -0.25) is 0 Å². The van der Waals surface area contributed by atoms with Crippen molar-refractivity contribution in [1.29, 1.82) is 0 Å². The minimum atomic E-state index is 0. The largest absolute Gasteiger partial charge is 2.00 e. The minimum absolute atomic E-state index is 0. The molecular formula is C49H91Fe2PS7. The van der Waals surface area contributed by atoms with Crippen LogP contribution in [0.15, 0.2) is 36.4 Å². The molecule has 4 fully saturated rings. The SMILES string of the molecule is C.C1CCCC1.C1CCCC1.CC(C)C1CCCC1C.CC(C)C1CCCC1C.Cc1cccc(C)c1Pc1c(C)cccc1C.S=S=S=S=S=S=S.[CH3-].[CH3-].[CH3-].[CH3-].[Fe+2].[Fe+2]. The number of aryl methyl sites for hydroxylation is 4. The Balaban J connectivity index is -0.000000113. The second-order valence-corrected chi connectivity index (χ2v) is 26.3. The summed E-state index contributed by atoms with van der Waals surface area (Å²) in [6, 6.07) is 13.1. The monoisotopic (exact) mass is 1050 g/mol. The second kappa shape index (κ2) is 47.4. The Morgan fingerprint density at radius 3 is 0.898 bits per heavy atom. The van der Waals surface area contributed by atoms with Gasteiger partial charge in [-0.15, -0.1) is 0 Å². The van der Waals surface area contributed by atoms with E-state index in [4.69, 9.17) is 0 Å². The van der Waals surface area contributed by atoms with Crippen LogP contribution < -0.4 is 10.6 Å². The van der Waals surface area contributed by atoms with Crippen LogP contribution in [0.2, 0.25) is 0 Å². The fourth-order valence-electron chi connectivity index (χ4n) is 8.28. The Morgan fingerprint density at radius 1 is 0.475 bits per heavy atom. The standard InChI is InChI=1S/C16H19P.2C9H18.2C5H10.CH4.4CH3.2Fe.S7/c1-11-7-5-8-12(2)15(11)17-16-13(3)9-6-10-14(16)4;2*1-7(2)9-6-4-5-8(9)3;2*1-2-4-5-3-1;;;;;;;;1-3-5-7-6-4-2/h5-10,17H,1-4H3;2*7-9H,4-6H2,1-3H3;2*1-5H2;1H4;4*1H3;;;/q;;;;;;4*-1;2*+2;. The zero-order valence-electron chi connectivity index (χ0n) is 39.3. The predicted octanol–water partition coefficient (Wildman–Crippen LogP) is 16.0. The van der Waals surface area contributed by atoms with Crippen molar-refractivity contribution in [3.8, 4) is 0 Å². The van der Waals surface area contributed by atoms with Gasteiger partial charge in [-0.05, 0) is 109 Å². The molecule has 59 heavy (non-hydrogen) atoms. The maximum absolute atomic E-state index is 4.57. The fraction of sp³-hybridized carbons (Fsp3) is 0.673. The molecule has 0 heterocycles. The van der Waals surface area contributed by atoms with Crippen molar-refractivity contribution in [3.05, 3.63) is 88.4 Å². The van der Waals surface area contributed by atoms with Crippen LogP contribution in [0, 0.1) is 92.9 Å². The zero-order valence-corrected chi connectivity index (χ0v) is 48.2. The van der Waals surface area contributed by atoms with Gasteiger partial charge in [0.15, 0.2) is 0 Å². The van der Waals surface area contributed by atoms with Gasteiger partial charge in [0.2, 0.25) is 0 Å². The van der Waals surface area contributed by atoms with E-state index in [1.807, 2.05) is 0 Å². The molecule has 4 aliphatic rings. The first-order chi connectivity index (χ1) is 24.9. The summed E-state index contributed by atoms with van der Waals surface area (Å²) in [5, 5.41) is 3.01. The van der Waals surface area contributed by atoms with Gasteiger partial charge in [0, 0.05) is 66.8 Å². The number of hydrogen-bond acceptors (Lipinski definition) is 2. The number of rotatable bonds is 4. The van der Waals surface area contributed by atoms with Gasteiger partial charge in [0.25, 0.3) is 0 Å². The van der Waals surface area contributed by atoms with E-state index in [9.17, 15) is 0 Å². The van der Waals surface area contributed by atoms with E-state index >= 15 is 0 Å². The molecule has 350 valence electrons. The average Bonchev–Trinajstić information content (AvgIpc) is 3.96. The first-order valence-electron chi connectivity index (χ1n) is 20.4. The summed E-state index contributed by atoms with van der Waals surface area (Å²) in [6.45, 7) is 23.1. The van der Waals surface area contributed by atoms with Crippen LogP contribution in [-0.2, 0) is 101 Å². The van der Waals surface area contributed by atoms with Crippen LogP contribution in [-0.4, -0.2) is 0 Å². The second-order valence-electron chi connectivity index (χ2n) is 16.2. The van der Waals surface area contributed by atoms with E-state index in [0.29, 0.717) is 0 Å². The molecule has 0 amide bonds. The van der Waals surface area contributed by atoms with Crippen molar-refractivity contribution in [1.82, 2.24) is 0 Å². The maximum Gasteiger partial charge on any atom is 2.00 e. The smallest absolute Gasteiger partial charge is 0.358 e. The van der Waals surface area contributed by atoms with Crippen LogP contribution in [0.5, 0.6) is 0 Å². The van der Waals surface area contributed by atoms with Crippen molar-refractivity contribution >= 4 is 86.0 Å². The normalized spacial score (nSPS) is 18.8. The van der Waals surface area contributed by atoms with Gasteiger partial charge in [0.1, 0.15) is 0 Å². The summed E-state index contributed by atoms with van der Waals surface area (Å²) in [4.78, 5) is 0. The van der Waals surface area contributed by atoms with Gasteiger partial charge < -0.3 is 29.7 Å². The molecule has 4 atom stereocenters. The van der Waals surface area contributed by atoms with E-state index in [1.54, 1.807) is 26.6 Å². The van der Waals surface area contributed by atoms with Crippen LogP contribution in [0.25, 0.3) is 0 Å². The predicted molar refractivity (Wildman–Crippen MR) is 292 cm³/mol. The molecule has 0 nitrogen and oxygen atoms in total. The van der Waals surface area contributed by atoms with Gasteiger partial charge in [-0.25, -0.2) is 0 Å². The van der Waals surface area contributed by atoms with Crippen molar-refractivity contribution in [2.45, 2.75) is 179 Å². The molecule has 10 heteroatoms. The Bertz CT molecular complexity index is 1300. The molecule has 4 aliphatic carbocycles. The Kier molecular flexibility index (Phi) is 60.1. The van der Waals surface area contributed by atoms with Crippen LogP contribution >= 0.6 is 8.58 Å². The summed E-state index contributed by atoms with van der Waals surface area (Å²) >= 11 is 9.14. The molecule has 0 saturated heterocycles. The molecule has 2 aromatic rings. The van der Waals surface area contributed by atoms with Gasteiger partial charge in [0.05, 0.1) is 0 Å². The first kappa shape index (κ1) is 74.8. The summed E-state index contributed by atoms with van der Waals surface area (Å²) in [6.07, 6.45) is 23.9. The summed E-state index contributed by atoms with van der Waals surface area (Å²) in [5.41, 5.74) is 5.63. The van der Waals surface area contributed by atoms with Crippen molar-refractivity contribution in [3.63, 3.8) is 0 Å². The number of hydrogen-bond donors (Lipinski definition) is 0. The van der Waals surface area contributed by atoms with Crippen molar-refractivity contribution < 1.29 is 34.1 Å². The molecule has 6 rings (SSSR count). The molecule has 0 aromatic heterocycles. The van der Waals surface area contributed by atoms with Gasteiger partial charge >= 0.3 is 34.1 Å². The maximum atomic E-state index is 4.57. The minimum Gasteiger partial charge on any atom is -0.358 e. The molecular weight excluding hydrogens is 956 g/mol. The summed E-state index contributed by atoms with van der Waals surface area (Å²) < 4.78 is 0. The van der Waals surface area contributed by atoms with Crippen molar-refractivity contribution in [2.75, 3.05) is 0 Å². The molecule has 0 radical (unpaired) electrons. The van der Waals surface area contributed by atoms with Crippen LogP contribution in [0.3, 0.4) is 0 Å². The third kappa shape index (κ3) is 34.5. The molecule has 0 aliphatic heterocycles. The Labute approximate surface area is 419 Å². The zero-order chi connectivity index (χ0) is 38.7. The Hall–Kier alpha value is 1.45. The van der Waals surface area contributed by atoms with E-state index in [0.717, 1.165) is 44.1 Å².